The number of methoxy groups -OCH3 is 1. The molecule has 3 nitrogen and oxygen atoms in total. The number of aryl methyl sites for hydroxylation is 2. The first-order valence-corrected chi connectivity index (χ1v) is 8.84. The topological polar surface area (TPSA) is 38.5 Å². The highest BCUT2D eigenvalue weighted by atomic mass is 16.5. The summed E-state index contributed by atoms with van der Waals surface area (Å²) in [6, 6.07) is 23.3. The van der Waals surface area contributed by atoms with Gasteiger partial charge in [0.2, 0.25) is 0 Å². The molecule has 0 amide bonds. The lowest BCUT2D eigenvalue weighted by Crippen LogP contribution is -2.22. The van der Waals surface area contributed by atoms with Gasteiger partial charge in [-0.2, -0.15) is 0 Å². The van der Waals surface area contributed by atoms with Crippen LogP contribution in [0.15, 0.2) is 66.7 Å². The van der Waals surface area contributed by atoms with Crippen molar-refractivity contribution in [2.24, 2.45) is 0 Å². The van der Waals surface area contributed by atoms with E-state index in [0.717, 1.165) is 18.8 Å². The molecule has 0 heterocycles. The molecule has 0 radical (unpaired) electrons. The van der Waals surface area contributed by atoms with Crippen LogP contribution in [0, 0.1) is 13.8 Å². The van der Waals surface area contributed by atoms with Gasteiger partial charge in [0, 0.05) is 18.8 Å². The second-order valence-electron chi connectivity index (χ2n) is 6.75. The number of rotatable bonds is 6. The molecule has 3 heteroatoms. The average Bonchev–Trinajstić information content (AvgIpc) is 2.64. The summed E-state index contributed by atoms with van der Waals surface area (Å²) in [4.78, 5) is 2.34. The molecule has 134 valence electrons. The van der Waals surface area contributed by atoms with Gasteiger partial charge in [0.1, 0.15) is 5.75 Å². The summed E-state index contributed by atoms with van der Waals surface area (Å²) in [5.41, 5.74) is 13.0. The molecule has 0 atom stereocenters. The van der Waals surface area contributed by atoms with E-state index in [0.29, 0.717) is 11.4 Å². The van der Waals surface area contributed by atoms with E-state index in [1.807, 2.05) is 12.1 Å². The number of ether oxygens (including phenoxy) is 1. The zero-order chi connectivity index (χ0) is 18.5. The Morgan fingerprint density at radius 3 is 1.69 bits per heavy atom. The molecule has 0 fully saturated rings. The number of anilines is 2. The second kappa shape index (κ2) is 7.96. The molecule has 0 saturated heterocycles. The molecule has 0 aromatic heterocycles. The van der Waals surface area contributed by atoms with Crippen LogP contribution in [0.2, 0.25) is 0 Å². The molecule has 0 aliphatic heterocycles. The SMILES string of the molecule is COc1ccc(N(Cc2ccc(C)cc2)Cc2ccc(C)cc2)cc1N. The van der Waals surface area contributed by atoms with Gasteiger partial charge in [-0.15, -0.1) is 0 Å². The molecule has 0 unspecified atom stereocenters. The standard InChI is InChI=1S/C23H26N2O/c1-17-4-8-19(9-5-17)15-25(16-20-10-6-18(2)7-11-20)21-12-13-23(26-3)22(24)14-21/h4-14H,15-16,24H2,1-3H3. The Morgan fingerprint density at radius 2 is 1.27 bits per heavy atom. The van der Waals surface area contributed by atoms with Crippen molar-refractivity contribution < 1.29 is 4.74 Å². The van der Waals surface area contributed by atoms with Crippen LogP contribution in [0.3, 0.4) is 0 Å². The summed E-state index contributed by atoms with van der Waals surface area (Å²) in [7, 11) is 1.64. The van der Waals surface area contributed by atoms with Crippen LogP contribution in [-0.4, -0.2) is 7.11 Å². The van der Waals surface area contributed by atoms with Crippen LogP contribution >= 0.6 is 0 Å². The Balaban J connectivity index is 1.90. The smallest absolute Gasteiger partial charge is 0.141 e. The van der Waals surface area contributed by atoms with Crippen LogP contribution in [-0.2, 0) is 13.1 Å². The molecule has 26 heavy (non-hydrogen) atoms. The molecule has 3 aromatic carbocycles. The van der Waals surface area contributed by atoms with E-state index in [4.69, 9.17) is 10.5 Å². The van der Waals surface area contributed by atoms with Crippen molar-refractivity contribution in [3.8, 4) is 5.75 Å². The van der Waals surface area contributed by atoms with Crippen molar-refractivity contribution in [2.75, 3.05) is 17.7 Å². The Kier molecular flexibility index (Phi) is 5.47. The van der Waals surface area contributed by atoms with Crippen LogP contribution in [0.1, 0.15) is 22.3 Å². The van der Waals surface area contributed by atoms with Gasteiger partial charge in [0.15, 0.2) is 0 Å². The maximum atomic E-state index is 6.14. The predicted octanol–water partition coefficient (Wildman–Crippen LogP) is 5.10. The van der Waals surface area contributed by atoms with Crippen molar-refractivity contribution in [1.29, 1.82) is 0 Å². The highest BCUT2D eigenvalue weighted by Crippen LogP contribution is 2.29. The fourth-order valence-electron chi connectivity index (χ4n) is 2.98. The second-order valence-corrected chi connectivity index (χ2v) is 6.75. The van der Waals surface area contributed by atoms with Crippen molar-refractivity contribution >= 4 is 11.4 Å². The number of nitrogens with two attached hydrogens (primary N) is 1. The van der Waals surface area contributed by atoms with Crippen molar-refractivity contribution in [3.05, 3.63) is 89.0 Å². The van der Waals surface area contributed by atoms with Gasteiger partial charge < -0.3 is 15.4 Å². The predicted molar refractivity (Wildman–Crippen MR) is 110 cm³/mol. The van der Waals surface area contributed by atoms with Gasteiger partial charge in [0.25, 0.3) is 0 Å². The van der Waals surface area contributed by atoms with Crippen molar-refractivity contribution in [3.63, 3.8) is 0 Å². The monoisotopic (exact) mass is 346 g/mol. The minimum Gasteiger partial charge on any atom is -0.495 e. The van der Waals surface area contributed by atoms with E-state index >= 15 is 0 Å². The van der Waals surface area contributed by atoms with E-state index in [1.54, 1.807) is 7.11 Å². The van der Waals surface area contributed by atoms with Crippen molar-refractivity contribution in [2.45, 2.75) is 26.9 Å². The molecular formula is C23H26N2O. The lowest BCUT2D eigenvalue weighted by atomic mass is 10.1. The highest BCUT2D eigenvalue weighted by Gasteiger charge is 2.11. The lowest BCUT2D eigenvalue weighted by Gasteiger charge is -2.26. The van der Waals surface area contributed by atoms with E-state index in [2.05, 4.69) is 73.3 Å². The highest BCUT2D eigenvalue weighted by molar-refractivity contribution is 5.63. The Hall–Kier alpha value is -2.94. The molecule has 3 aromatic rings. The first kappa shape index (κ1) is 17.9. The van der Waals surface area contributed by atoms with Gasteiger partial charge in [-0.3, -0.25) is 0 Å². The third-order valence-corrected chi connectivity index (χ3v) is 4.57. The Bertz CT molecular complexity index is 807. The molecule has 0 aliphatic carbocycles. The normalized spacial score (nSPS) is 10.6. The maximum Gasteiger partial charge on any atom is 0.141 e. The largest absolute Gasteiger partial charge is 0.495 e. The Morgan fingerprint density at radius 1 is 0.769 bits per heavy atom. The van der Waals surface area contributed by atoms with Crippen LogP contribution in [0.5, 0.6) is 5.75 Å². The molecule has 2 N–H and O–H groups in total. The molecule has 3 rings (SSSR count). The first-order chi connectivity index (χ1) is 12.5. The molecule has 0 spiro atoms. The lowest BCUT2D eigenvalue weighted by molar-refractivity contribution is 0.417. The minimum absolute atomic E-state index is 0.655. The van der Waals surface area contributed by atoms with Gasteiger partial charge in [-0.05, 0) is 43.2 Å². The summed E-state index contributed by atoms with van der Waals surface area (Å²) in [6.07, 6.45) is 0. The molecule has 0 bridgehead atoms. The van der Waals surface area contributed by atoms with Gasteiger partial charge in [-0.1, -0.05) is 59.7 Å². The fraction of sp³-hybridized carbons (Fsp3) is 0.217. The third-order valence-electron chi connectivity index (χ3n) is 4.57. The van der Waals surface area contributed by atoms with Crippen LogP contribution < -0.4 is 15.4 Å². The Labute approximate surface area is 156 Å². The zero-order valence-corrected chi connectivity index (χ0v) is 15.7. The molecule has 0 aliphatic rings. The third kappa shape index (κ3) is 4.37. The summed E-state index contributed by atoms with van der Waals surface area (Å²) in [5, 5.41) is 0. The number of hydrogen-bond donors (Lipinski definition) is 1. The van der Waals surface area contributed by atoms with Crippen molar-refractivity contribution in [1.82, 2.24) is 0 Å². The fourth-order valence-corrected chi connectivity index (χ4v) is 2.98. The van der Waals surface area contributed by atoms with E-state index in [1.165, 1.54) is 22.3 Å². The number of hydrogen-bond acceptors (Lipinski definition) is 3. The number of nitrogens with zero attached hydrogens (tertiary/aromatic N) is 1. The van der Waals surface area contributed by atoms with Crippen LogP contribution in [0.4, 0.5) is 11.4 Å². The number of benzene rings is 3. The van der Waals surface area contributed by atoms with E-state index in [-0.39, 0.29) is 0 Å². The van der Waals surface area contributed by atoms with Gasteiger partial charge in [0.05, 0.1) is 12.8 Å². The van der Waals surface area contributed by atoms with Gasteiger partial charge in [-0.25, -0.2) is 0 Å². The quantitative estimate of drug-likeness (QED) is 0.631. The zero-order valence-electron chi connectivity index (χ0n) is 15.7. The summed E-state index contributed by atoms with van der Waals surface area (Å²) < 4.78 is 5.30. The van der Waals surface area contributed by atoms with E-state index in [9.17, 15) is 0 Å². The maximum absolute atomic E-state index is 6.14. The average molecular weight is 346 g/mol. The number of nitrogen functional groups attached to an aromatic ring is 1. The summed E-state index contributed by atoms with van der Waals surface area (Å²) in [6.45, 7) is 5.86. The molecular weight excluding hydrogens is 320 g/mol. The van der Waals surface area contributed by atoms with E-state index < -0.39 is 0 Å². The minimum atomic E-state index is 0.655. The summed E-state index contributed by atoms with van der Waals surface area (Å²) >= 11 is 0. The van der Waals surface area contributed by atoms with Gasteiger partial charge >= 0.3 is 0 Å². The van der Waals surface area contributed by atoms with Crippen LogP contribution in [0.25, 0.3) is 0 Å². The summed E-state index contributed by atoms with van der Waals surface area (Å²) in [5.74, 6) is 0.708. The molecule has 0 saturated carbocycles. The first-order valence-electron chi connectivity index (χ1n) is 8.84.